The maximum Gasteiger partial charge on any atom is 0.173 e. The number of furan rings is 1. The molecule has 0 aliphatic rings. The Morgan fingerprint density at radius 3 is 2.71 bits per heavy atom. The molecule has 0 radical (unpaired) electrons. The molecule has 0 saturated carbocycles. The first kappa shape index (κ1) is 12.7. The molecule has 1 unspecified atom stereocenters. The van der Waals surface area contributed by atoms with E-state index in [0.717, 1.165) is 16.7 Å². The Balaban J connectivity index is 2.21. The SMILES string of the molecule is Cc1ccc(C)c(CC(Cl)c2ccoc2Br)c1. The summed E-state index contributed by atoms with van der Waals surface area (Å²) in [5.74, 6) is 0. The highest BCUT2D eigenvalue weighted by atomic mass is 79.9. The molecular formula is C14H14BrClO. The highest BCUT2D eigenvalue weighted by molar-refractivity contribution is 9.10. The molecule has 1 nitrogen and oxygen atoms in total. The van der Waals surface area contributed by atoms with Gasteiger partial charge in [-0.15, -0.1) is 11.6 Å². The summed E-state index contributed by atoms with van der Waals surface area (Å²) < 4.78 is 5.93. The number of benzene rings is 1. The fourth-order valence-corrected chi connectivity index (χ4v) is 2.84. The van der Waals surface area contributed by atoms with Gasteiger partial charge in [-0.3, -0.25) is 0 Å². The van der Waals surface area contributed by atoms with Gasteiger partial charge in [0, 0.05) is 5.56 Å². The number of hydrogen-bond acceptors (Lipinski definition) is 1. The molecule has 1 heterocycles. The molecule has 2 rings (SSSR count). The highest BCUT2D eigenvalue weighted by Crippen LogP contribution is 2.32. The van der Waals surface area contributed by atoms with Crippen LogP contribution in [0.25, 0.3) is 0 Å². The van der Waals surface area contributed by atoms with Gasteiger partial charge >= 0.3 is 0 Å². The molecule has 17 heavy (non-hydrogen) atoms. The fourth-order valence-electron chi connectivity index (χ4n) is 1.85. The summed E-state index contributed by atoms with van der Waals surface area (Å²) in [6.45, 7) is 4.21. The average molecular weight is 314 g/mol. The topological polar surface area (TPSA) is 13.1 Å². The number of halogens is 2. The van der Waals surface area contributed by atoms with E-state index in [4.69, 9.17) is 16.0 Å². The lowest BCUT2D eigenvalue weighted by atomic mass is 9.99. The standard InChI is InChI=1S/C14H14BrClO/c1-9-3-4-10(2)11(7-9)8-13(16)12-5-6-17-14(12)15/h3-7,13H,8H2,1-2H3. The van der Waals surface area contributed by atoms with Gasteiger partial charge in [0.1, 0.15) is 0 Å². The smallest absolute Gasteiger partial charge is 0.173 e. The van der Waals surface area contributed by atoms with E-state index in [0.29, 0.717) is 0 Å². The van der Waals surface area contributed by atoms with E-state index in [1.54, 1.807) is 6.26 Å². The molecule has 2 aromatic rings. The van der Waals surface area contributed by atoms with Crippen LogP contribution in [0.4, 0.5) is 0 Å². The predicted molar refractivity (Wildman–Crippen MR) is 74.6 cm³/mol. The van der Waals surface area contributed by atoms with Crippen molar-refractivity contribution in [1.29, 1.82) is 0 Å². The molecule has 3 heteroatoms. The lowest BCUT2D eigenvalue weighted by Crippen LogP contribution is -1.98. The molecule has 0 saturated heterocycles. The summed E-state index contributed by atoms with van der Waals surface area (Å²) >= 11 is 9.78. The second-order valence-corrected chi connectivity index (χ2v) is 5.50. The summed E-state index contributed by atoms with van der Waals surface area (Å²) in [4.78, 5) is 0. The Kier molecular flexibility index (Phi) is 3.95. The second-order valence-electron chi connectivity index (χ2n) is 4.25. The zero-order chi connectivity index (χ0) is 12.4. The van der Waals surface area contributed by atoms with Crippen LogP contribution in [0, 0.1) is 13.8 Å². The van der Waals surface area contributed by atoms with Crippen molar-refractivity contribution in [3.63, 3.8) is 0 Å². The van der Waals surface area contributed by atoms with Crippen molar-refractivity contribution < 1.29 is 4.42 Å². The predicted octanol–water partition coefficient (Wildman–Crippen LogP) is 5.18. The molecule has 0 bridgehead atoms. The van der Waals surface area contributed by atoms with E-state index in [2.05, 4.69) is 48.0 Å². The second kappa shape index (κ2) is 5.28. The molecule has 1 atom stereocenters. The van der Waals surface area contributed by atoms with Crippen molar-refractivity contribution in [1.82, 2.24) is 0 Å². The molecule has 0 aliphatic heterocycles. The third-order valence-corrected chi connectivity index (χ3v) is 3.92. The maximum absolute atomic E-state index is 6.42. The Labute approximate surface area is 115 Å². The summed E-state index contributed by atoms with van der Waals surface area (Å²) in [5.41, 5.74) is 4.84. The first-order valence-electron chi connectivity index (χ1n) is 5.51. The Morgan fingerprint density at radius 2 is 2.06 bits per heavy atom. The van der Waals surface area contributed by atoms with Gasteiger partial charge in [-0.05, 0) is 53.4 Å². The van der Waals surface area contributed by atoms with E-state index in [1.165, 1.54) is 16.7 Å². The summed E-state index contributed by atoms with van der Waals surface area (Å²) in [7, 11) is 0. The highest BCUT2D eigenvalue weighted by Gasteiger charge is 2.15. The zero-order valence-electron chi connectivity index (χ0n) is 9.84. The van der Waals surface area contributed by atoms with Crippen LogP contribution < -0.4 is 0 Å². The average Bonchev–Trinajstić information content (AvgIpc) is 2.70. The van der Waals surface area contributed by atoms with E-state index in [1.807, 2.05) is 6.07 Å². The molecule has 0 N–H and O–H groups in total. The minimum Gasteiger partial charge on any atom is -0.457 e. The Hall–Kier alpha value is -0.730. The number of rotatable bonds is 3. The minimum absolute atomic E-state index is 0.0661. The Morgan fingerprint density at radius 1 is 1.29 bits per heavy atom. The van der Waals surface area contributed by atoms with Gasteiger partial charge in [0.25, 0.3) is 0 Å². The minimum atomic E-state index is -0.0661. The molecule has 0 fully saturated rings. The first-order valence-corrected chi connectivity index (χ1v) is 6.74. The van der Waals surface area contributed by atoms with Crippen LogP contribution in [-0.4, -0.2) is 0 Å². The molecule has 90 valence electrons. The lowest BCUT2D eigenvalue weighted by Gasteiger charge is -2.11. The van der Waals surface area contributed by atoms with Crippen LogP contribution in [0.3, 0.4) is 0 Å². The van der Waals surface area contributed by atoms with Crippen LogP contribution in [0.2, 0.25) is 0 Å². The van der Waals surface area contributed by atoms with Gasteiger partial charge in [-0.25, -0.2) is 0 Å². The van der Waals surface area contributed by atoms with Crippen molar-refractivity contribution in [2.75, 3.05) is 0 Å². The van der Waals surface area contributed by atoms with Crippen LogP contribution >= 0.6 is 27.5 Å². The van der Waals surface area contributed by atoms with Crippen LogP contribution in [-0.2, 0) is 6.42 Å². The van der Waals surface area contributed by atoms with E-state index < -0.39 is 0 Å². The van der Waals surface area contributed by atoms with Crippen LogP contribution in [0.5, 0.6) is 0 Å². The zero-order valence-corrected chi connectivity index (χ0v) is 12.2. The number of aryl methyl sites for hydroxylation is 2. The van der Waals surface area contributed by atoms with Gasteiger partial charge < -0.3 is 4.42 Å². The van der Waals surface area contributed by atoms with Crippen molar-refractivity contribution >= 4 is 27.5 Å². The van der Waals surface area contributed by atoms with Gasteiger partial charge in [0.15, 0.2) is 4.67 Å². The largest absolute Gasteiger partial charge is 0.457 e. The monoisotopic (exact) mass is 312 g/mol. The van der Waals surface area contributed by atoms with Crippen molar-refractivity contribution in [3.05, 3.63) is 57.5 Å². The third kappa shape index (κ3) is 2.93. The third-order valence-electron chi connectivity index (χ3n) is 2.89. The summed E-state index contributed by atoms with van der Waals surface area (Å²) in [6.07, 6.45) is 2.46. The van der Waals surface area contributed by atoms with Gasteiger partial charge in [0.2, 0.25) is 0 Å². The fraction of sp³-hybridized carbons (Fsp3) is 0.286. The molecule has 0 aliphatic carbocycles. The summed E-state index contributed by atoms with van der Waals surface area (Å²) in [6, 6.07) is 8.36. The first-order chi connectivity index (χ1) is 8.08. The van der Waals surface area contributed by atoms with Gasteiger partial charge in [0.05, 0.1) is 11.6 Å². The summed E-state index contributed by atoms with van der Waals surface area (Å²) in [5, 5.41) is -0.0661. The van der Waals surface area contributed by atoms with Crippen LogP contribution in [0.1, 0.15) is 27.6 Å². The maximum atomic E-state index is 6.42. The molecule has 1 aromatic heterocycles. The van der Waals surface area contributed by atoms with Gasteiger partial charge in [-0.2, -0.15) is 0 Å². The Bertz CT molecular complexity index is 519. The normalized spacial score (nSPS) is 12.7. The van der Waals surface area contributed by atoms with Crippen molar-refractivity contribution in [3.8, 4) is 0 Å². The van der Waals surface area contributed by atoms with E-state index >= 15 is 0 Å². The molecule has 0 spiro atoms. The number of hydrogen-bond donors (Lipinski definition) is 0. The molecule has 1 aromatic carbocycles. The number of alkyl halides is 1. The lowest BCUT2D eigenvalue weighted by molar-refractivity contribution is 0.536. The molecule has 0 amide bonds. The molecular weight excluding hydrogens is 300 g/mol. The van der Waals surface area contributed by atoms with E-state index in [-0.39, 0.29) is 5.38 Å². The quantitative estimate of drug-likeness (QED) is 0.711. The van der Waals surface area contributed by atoms with Crippen molar-refractivity contribution in [2.24, 2.45) is 0 Å². The van der Waals surface area contributed by atoms with Crippen molar-refractivity contribution in [2.45, 2.75) is 25.6 Å². The van der Waals surface area contributed by atoms with Crippen LogP contribution in [0.15, 0.2) is 39.6 Å². The van der Waals surface area contributed by atoms with E-state index in [9.17, 15) is 0 Å². The van der Waals surface area contributed by atoms with Gasteiger partial charge in [-0.1, -0.05) is 23.8 Å².